The predicted octanol–water partition coefficient (Wildman–Crippen LogP) is 1.58. The summed E-state index contributed by atoms with van der Waals surface area (Å²) in [6.07, 6.45) is -0.654. The maximum atomic E-state index is 12.7. The highest BCUT2D eigenvalue weighted by Crippen LogP contribution is 2.17. The maximum absolute atomic E-state index is 12.7. The van der Waals surface area contributed by atoms with Gasteiger partial charge in [0.15, 0.2) is 0 Å². The Morgan fingerprint density at radius 1 is 1.10 bits per heavy atom. The van der Waals surface area contributed by atoms with Gasteiger partial charge < -0.3 is 25.0 Å². The van der Waals surface area contributed by atoms with Gasteiger partial charge in [-0.1, -0.05) is 29.8 Å². The molecular formula is C21H22ClN3O5. The first-order valence-corrected chi connectivity index (χ1v) is 9.73. The van der Waals surface area contributed by atoms with Crippen LogP contribution in [-0.2, 0) is 20.9 Å². The molecule has 0 aliphatic carbocycles. The van der Waals surface area contributed by atoms with Crippen LogP contribution in [0.1, 0.15) is 15.9 Å². The number of para-hydroxylation sites is 1. The van der Waals surface area contributed by atoms with Gasteiger partial charge in [0.1, 0.15) is 12.0 Å². The highest BCUT2D eigenvalue weighted by molar-refractivity contribution is 6.35. The average Bonchev–Trinajstić information content (AvgIpc) is 3.24. The second-order valence-electron chi connectivity index (χ2n) is 6.54. The Bertz CT molecular complexity index is 919. The molecule has 3 amide bonds. The molecule has 158 valence electrons. The average molecular weight is 432 g/mol. The molecule has 30 heavy (non-hydrogen) atoms. The van der Waals surface area contributed by atoms with Gasteiger partial charge in [-0.25, -0.2) is 0 Å². The molecule has 1 aliphatic rings. The molecule has 2 aromatic carbocycles. The van der Waals surface area contributed by atoms with E-state index in [0.29, 0.717) is 29.5 Å². The molecule has 0 saturated carbocycles. The molecule has 3 rings (SSSR count). The van der Waals surface area contributed by atoms with Crippen LogP contribution in [0.2, 0.25) is 5.02 Å². The van der Waals surface area contributed by atoms with Gasteiger partial charge in [-0.05, 0) is 30.3 Å². The van der Waals surface area contributed by atoms with E-state index in [4.69, 9.17) is 21.1 Å². The Morgan fingerprint density at radius 3 is 2.53 bits per heavy atom. The molecule has 2 aromatic rings. The quantitative estimate of drug-likeness (QED) is 0.677. The van der Waals surface area contributed by atoms with E-state index in [0.717, 1.165) is 5.56 Å². The number of halogens is 1. The van der Waals surface area contributed by atoms with Crippen LogP contribution in [0.4, 0.5) is 0 Å². The zero-order valence-corrected chi connectivity index (χ0v) is 17.1. The standard InChI is InChI=1S/C21H22ClN3O5/c1-29-17-5-3-2-4-15(17)12-23-19(26)20(27)24-13-18-25(10-11-30-18)21(28)14-6-8-16(22)9-7-14/h2-9,18H,10-13H2,1H3,(H,23,26)(H,24,27)/t18-/m1/s1. The summed E-state index contributed by atoms with van der Waals surface area (Å²) in [7, 11) is 1.53. The minimum absolute atomic E-state index is 0.000239. The lowest BCUT2D eigenvalue weighted by atomic mass is 10.2. The normalized spacial score (nSPS) is 15.5. The molecule has 0 unspecified atom stereocenters. The van der Waals surface area contributed by atoms with E-state index in [1.54, 1.807) is 36.4 Å². The number of nitrogens with one attached hydrogen (secondary N) is 2. The highest BCUT2D eigenvalue weighted by Gasteiger charge is 2.31. The number of amides is 3. The Labute approximate surface area is 179 Å². The van der Waals surface area contributed by atoms with Gasteiger partial charge in [-0.15, -0.1) is 0 Å². The van der Waals surface area contributed by atoms with Crippen LogP contribution in [0.3, 0.4) is 0 Å². The van der Waals surface area contributed by atoms with E-state index in [2.05, 4.69) is 10.6 Å². The monoisotopic (exact) mass is 431 g/mol. The summed E-state index contributed by atoms with van der Waals surface area (Å²) in [4.78, 5) is 38.4. The molecule has 0 aromatic heterocycles. The topological polar surface area (TPSA) is 97.0 Å². The number of ether oxygens (including phenoxy) is 2. The lowest BCUT2D eigenvalue weighted by molar-refractivity contribution is -0.139. The zero-order chi connectivity index (χ0) is 21.5. The van der Waals surface area contributed by atoms with Crippen molar-refractivity contribution < 1.29 is 23.9 Å². The van der Waals surface area contributed by atoms with Crippen LogP contribution < -0.4 is 15.4 Å². The highest BCUT2D eigenvalue weighted by atomic mass is 35.5. The van der Waals surface area contributed by atoms with Gasteiger partial charge in [0.05, 0.1) is 20.3 Å². The van der Waals surface area contributed by atoms with Crippen molar-refractivity contribution >= 4 is 29.3 Å². The van der Waals surface area contributed by atoms with E-state index in [9.17, 15) is 14.4 Å². The summed E-state index contributed by atoms with van der Waals surface area (Å²) in [5.74, 6) is -1.20. The molecule has 1 saturated heterocycles. The fourth-order valence-electron chi connectivity index (χ4n) is 3.05. The molecule has 0 spiro atoms. The first kappa shape index (κ1) is 21.6. The summed E-state index contributed by atoms with van der Waals surface area (Å²) in [5.41, 5.74) is 1.22. The van der Waals surface area contributed by atoms with E-state index in [-0.39, 0.29) is 19.0 Å². The number of benzene rings is 2. The van der Waals surface area contributed by atoms with Crippen LogP contribution in [0.15, 0.2) is 48.5 Å². The van der Waals surface area contributed by atoms with E-state index >= 15 is 0 Å². The number of hydrogen-bond acceptors (Lipinski definition) is 5. The van der Waals surface area contributed by atoms with Crippen LogP contribution in [0.25, 0.3) is 0 Å². The second-order valence-corrected chi connectivity index (χ2v) is 6.97. The second kappa shape index (κ2) is 10.1. The summed E-state index contributed by atoms with van der Waals surface area (Å²) in [5, 5.41) is 5.60. The SMILES string of the molecule is COc1ccccc1CNC(=O)C(=O)NC[C@H]1OCCN1C(=O)c1ccc(Cl)cc1. The van der Waals surface area contributed by atoms with Crippen molar-refractivity contribution in [1.29, 1.82) is 0 Å². The largest absolute Gasteiger partial charge is 0.496 e. The molecule has 1 heterocycles. The van der Waals surface area contributed by atoms with E-state index in [1.807, 2.05) is 12.1 Å². The van der Waals surface area contributed by atoms with Crippen LogP contribution in [0, 0.1) is 0 Å². The molecule has 8 nitrogen and oxygen atoms in total. The summed E-state index contributed by atoms with van der Waals surface area (Å²) < 4.78 is 10.8. The minimum Gasteiger partial charge on any atom is -0.496 e. The van der Waals surface area contributed by atoms with Gasteiger partial charge in [0.2, 0.25) is 0 Å². The van der Waals surface area contributed by atoms with Crippen molar-refractivity contribution in [2.24, 2.45) is 0 Å². The lowest BCUT2D eigenvalue weighted by Crippen LogP contribution is -2.47. The van der Waals surface area contributed by atoms with Crippen LogP contribution >= 0.6 is 11.6 Å². The van der Waals surface area contributed by atoms with Crippen LogP contribution in [-0.4, -0.2) is 55.7 Å². The van der Waals surface area contributed by atoms with E-state index < -0.39 is 18.0 Å². The summed E-state index contributed by atoms with van der Waals surface area (Å²) in [6, 6.07) is 13.7. The Balaban J connectivity index is 1.51. The van der Waals surface area contributed by atoms with Crippen molar-refractivity contribution in [2.45, 2.75) is 12.8 Å². The third-order valence-electron chi connectivity index (χ3n) is 4.62. The first-order valence-electron chi connectivity index (χ1n) is 9.35. The Hall–Kier alpha value is -3.10. The predicted molar refractivity (Wildman–Crippen MR) is 110 cm³/mol. The van der Waals surface area contributed by atoms with Crippen molar-refractivity contribution in [3.05, 3.63) is 64.7 Å². The number of hydrogen-bond donors (Lipinski definition) is 2. The van der Waals surface area contributed by atoms with Crippen molar-refractivity contribution in [3.8, 4) is 5.75 Å². The Kier molecular flexibility index (Phi) is 7.26. The summed E-state index contributed by atoms with van der Waals surface area (Å²) in [6.45, 7) is 0.888. The first-order chi connectivity index (χ1) is 14.5. The van der Waals surface area contributed by atoms with Crippen LogP contribution in [0.5, 0.6) is 5.75 Å². The zero-order valence-electron chi connectivity index (χ0n) is 16.4. The van der Waals surface area contributed by atoms with Gasteiger partial charge in [-0.2, -0.15) is 0 Å². The van der Waals surface area contributed by atoms with Crippen molar-refractivity contribution in [2.75, 3.05) is 26.8 Å². The fourth-order valence-corrected chi connectivity index (χ4v) is 3.17. The molecule has 1 fully saturated rings. The summed E-state index contributed by atoms with van der Waals surface area (Å²) >= 11 is 5.86. The molecule has 9 heteroatoms. The van der Waals surface area contributed by atoms with Crippen molar-refractivity contribution in [3.63, 3.8) is 0 Å². The number of carbonyl (C=O) groups excluding carboxylic acids is 3. The molecule has 1 aliphatic heterocycles. The lowest BCUT2D eigenvalue weighted by Gasteiger charge is -2.23. The molecule has 0 radical (unpaired) electrons. The number of carbonyl (C=O) groups is 3. The van der Waals surface area contributed by atoms with Crippen molar-refractivity contribution in [1.82, 2.24) is 15.5 Å². The van der Waals surface area contributed by atoms with Gasteiger partial charge in [0, 0.05) is 29.2 Å². The van der Waals surface area contributed by atoms with Gasteiger partial charge in [0.25, 0.3) is 5.91 Å². The number of methoxy groups -OCH3 is 1. The van der Waals surface area contributed by atoms with E-state index in [1.165, 1.54) is 12.0 Å². The number of nitrogens with zero attached hydrogens (tertiary/aromatic N) is 1. The minimum atomic E-state index is -0.806. The fraction of sp³-hybridized carbons (Fsp3) is 0.286. The third-order valence-corrected chi connectivity index (χ3v) is 4.87. The molecular weight excluding hydrogens is 410 g/mol. The third kappa shape index (κ3) is 5.28. The molecule has 0 bridgehead atoms. The smallest absolute Gasteiger partial charge is 0.309 e. The molecule has 2 N–H and O–H groups in total. The maximum Gasteiger partial charge on any atom is 0.309 e. The Morgan fingerprint density at radius 2 is 1.80 bits per heavy atom. The number of rotatable bonds is 6. The molecule has 1 atom stereocenters. The van der Waals surface area contributed by atoms with Gasteiger partial charge >= 0.3 is 11.8 Å². The van der Waals surface area contributed by atoms with Gasteiger partial charge in [-0.3, -0.25) is 14.4 Å².